The zero-order valence-corrected chi connectivity index (χ0v) is 20.1. The predicted octanol–water partition coefficient (Wildman–Crippen LogP) is 4.32. The van der Waals surface area contributed by atoms with Crippen LogP contribution in [0.1, 0.15) is 51.4 Å². The Morgan fingerprint density at radius 2 is 1.84 bits per heavy atom. The minimum Gasteiger partial charge on any atom is -0.362 e. The van der Waals surface area contributed by atoms with E-state index in [2.05, 4.69) is 33.0 Å². The zero-order valence-electron chi connectivity index (χ0n) is 19.3. The SMILES string of the molecule is CN(C)c1nc(N[C@H]2CC[C@@H](CNC(=S)NC3CC4CCC3C4)CC2)nc2ccccc12. The van der Waals surface area contributed by atoms with Crippen LogP contribution in [0.2, 0.25) is 0 Å². The van der Waals surface area contributed by atoms with Gasteiger partial charge in [0.1, 0.15) is 5.82 Å². The number of thiocarbonyl (C=S) groups is 1. The second-order valence-electron chi connectivity index (χ2n) is 10.3. The summed E-state index contributed by atoms with van der Waals surface area (Å²) in [6, 6.07) is 9.27. The summed E-state index contributed by atoms with van der Waals surface area (Å²) in [6.45, 7) is 0.983. The number of rotatable bonds is 6. The first kappa shape index (κ1) is 21.7. The van der Waals surface area contributed by atoms with Crippen molar-refractivity contribution < 1.29 is 0 Å². The predicted molar refractivity (Wildman–Crippen MR) is 136 cm³/mol. The molecular weight excluding hydrogens is 416 g/mol. The van der Waals surface area contributed by atoms with Gasteiger partial charge in [0.2, 0.25) is 5.95 Å². The summed E-state index contributed by atoms with van der Waals surface area (Å²) in [4.78, 5) is 11.6. The molecule has 0 aliphatic heterocycles. The molecule has 1 heterocycles. The van der Waals surface area contributed by atoms with Gasteiger partial charge < -0.3 is 20.9 Å². The summed E-state index contributed by atoms with van der Waals surface area (Å²) in [7, 11) is 4.07. The minimum atomic E-state index is 0.432. The topological polar surface area (TPSA) is 65.1 Å². The van der Waals surface area contributed by atoms with Crippen LogP contribution in [0.3, 0.4) is 0 Å². The molecule has 1 aromatic carbocycles. The number of hydrogen-bond donors (Lipinski definition) is 3. The van der Waals surface area contributed by atoms with Gasteiger partial charge in [0.25, 0.3) is 0 Å². The third-order valence-electron chi connectivity index (χ3n) is 7.79. The normalized spacial score (nSPS) is 29.1. The molecule has 3 atom stereocenters. The summed E-state index contributed by atoms with van der Waals surface area (Å²) in [5, 5.41) is 12.7. The molecule has 6 nitrogen and oxygen atoms in total. The van der Waals surface area contributed by atoms with E-state index in [0.717, 1.165) is 59.0 Å². The van der Waals surface area contributed by atoms with Crippen LogP contribution in [0, 0.1) is 17.8 Å². The fraction of sp³-hybridized carbons (Fsp3) is 0.640. The van der Waals surface area contributed by atoms with Crippen LogP contribution in [-0.4, -0.2) is 47.8 Å². The first-order valence-corrected chi connectivity index (χ1v) is 12.7. The molecule has 3 aliphatic carbocycles. The van der Waals surface area contributed by atoms with E-state index in [9.17, 15) is 0 Å². The van der Waals surface area contributed by atoms with Gasteiger partial charge in [0.05, 0.1) is 5.52 Å². The molecule has 3 aliphatic rings. The highest BCUT2D eigenvalue weighted by molar-refractivity contribution is 7.80. The quantitative estimate of drug-likeness (QED) is 0.564. The van der Waals surface area contributed by atoms with Gasteiger partial charge in [0.15, 0.2) is 5.11 Å². The van der Waals surface area contributed by atoms with Crippen molar-refractivity contribution >= 4 is 40.0 Å². The lowest BCUT2D eigenvalue weighted by atomic mass is 9.86. The minimum absolute atomic E-state index is 0.432. The van der Waals surface area contributed by atoms with Crippen LogP contribution in [0.25, 0.3) is 10.9 Å². The fourth-order valence-electron chi connectivity index (χ4n) is 6.04. The first-order chi connectivity index (χ1) is 15.5. The average Bonchev–Trinajstić information content (AvgIpc) is 3.41. The first-order valence-electron chi connectivity index (χ1n) is 12.3. The third-order valence-corrected chi connectivity index (χ3v) is 8.05. The third kappa shape index (κ3) is 4.77. The van der Waals surface area contributed by atoms with Crippen LogP contribution >= 0.6 is 12.2 Å². The highest BCUT2D eigenvalue weighted by Gasteiger charge is 2.39. The van der Waals surface area contributed by atoms with Crippen molar-refractivity contribution in [3.63, 3.8) is 0 Å². The smallest absolute Gasteiger partial charge is 0.225 e. The lowest BCUT2D eigenvalue weighted by Crippen LogP contribution is -2.45. The van der Waals surface area contributed by atoms with Crippen molar-refractivity contribution in [2.24, 2.45) is 17.8 Å². The molecule has 5 rings (SSSR count). The van der Waals surface area contributed by atoms with Crippen LogP contribution in [-0.2, 0) is 0 Å². The number of anilines is 2. The molecule has 3 saturated carbocycles. The van der Waals surface area contributed by atoms with Gasteiger partial charge in [-0.05, 0) is 87.1 Å². The number of fused-ring (bicyclic) bond motifs is 3. The largest absolute Gasteiger partial charge is 0.362 e. The van der Waals surface area contributed by atoms with E-state index in [1.165, 1.54) is 38.5 Å². The molecule has 3 unspecified atom stereocenters. The summed E-state index contributed by atoms with van der Waals surface area (Å²) >= 11 is 5.60. The Morgan fingerprint density at radius 3 is 2.56 bits per heavy atom. The van der Waals surface area contributed by atoms with Gasteiger partial charge in [-0.15, -0.1) is 0 Å². The second-order valence-corrected chi connectivity index (χ2v) is 10.7. The molecular formula is C25H36N6S. The molecule has 0 amide bonds. The van der Waals surface area contributed by atoms with Crippen molar-refractivity contribution in [3.8, 4) is 0 Å². The van der Waals surface area contributed by atoms with E-state index in [-0.39, 0.29) is 0 Å². The highest BCUT2D eigenvalue weighted by Crippen LogP contribution is 2.44. The van der Waals surface area contributed by atoms with E-state index in [0.29, 0.717) is 18.0 Å². The molecule has 2 aromatic rings. The molecule has 7 heteroatoms. The lowest BCUT2D eigenvalue weighted by molar-refractivity contribution is 0.334. The van der Waals surface area contributed by atoms with Gasteiger partial charge in [-0.2, -0.15) is 4.98 Å². The Morgan fingerprint density at radius 1 is 1.03 bits per heavy atom. The molecule has 32 heavy (non-hydrogen) atoms. The average molecular weight is 453 g/mol. The van der Waals surface area contributed by atoms with Crippen LogP contribution in [0.15, 0.2) is 24.3 Å². The Bertz CT molecular complexity index is 955. The van der Waals surface area contributed by atoms with E-state index >= 15 is 0 Å². The number of hydrogen-bond acceptors (Lipinski definition) is 5. The van der Waals surface area contributed by atoms with Crippen molar-refractivity contribution in [3.05, 3.63) is 24.3 Å². The van der Waals surface area contributed by atoms with Crippen molar-refractivity contribution in [1.29, 1.82) is 0 Å². The fourth-order valence-corrected chi connectivity index (χ4v) is 6.27. The maximum atomic E-state index is 5.60. The second kappa shape index (κ2) is 9.38. The molecule has 0 spiro atoms. The summed E-state index contributed by atoms with van der Waals surface area (Å²) in [5.74, 6) is 4.19. The van der Waals surface area contributed by atoms with Crippen molar-refractivity contribution in [2.75, 3.05) is 30.9 Å². The Labute approximate surface area is 197 Å². The van der Waals surface area contributed by atoms with Crippen LogP contribution in [0.5, 0.6) is 0 Å². The number of benzene rings is 1. The van der Waals surface area contributed by atoms with Crippen LogP contribution < -0.4 is 20.9 Å². The van der Waals surface area contributed by atoms with Gasteiger partial charge in [-0.1, -0.05) is 18.6 Å². The number of nitrogens with one attached hydrogen (secondary N) is 3. The molecule has 3 fully saturated rings. The van der Waals surface area contributed by atoms with E-state index in [1.807, 2.05) is 26.2 Å². The Balaban J connectivity index is 1.09. The maximum absolute atomic E-state index is 5.60. The number of para-hydroxylation sites is 1. The van der Waals surface area contributed by atoms with Gasteiger partial charge in [-0.3, -0.25) is 0 Å². The maximum Gasteiger partial charge on any atom is 0.225 e. The van der Waals surface area contributed by atoms with Crippen LogP contribution in [0.4, 0.5) is 11.8 Å². The molecule has 0 saturated heterocycles. The highest BCUT2D eigenvalue weighted by atomic mass is 32.1. The Hall–Kier alpha value is -2.15. The van der Waals surface area contributed by atoms with Crippen molar-refractivity contribution in [2.45, 2.75) is 63.5 Å². The molecule has 2 bridgehead atoms. The van der Waals surface area contributed by atoms with Crippen molar-refractivity contribution in [1.82, 2.24) is 20.6 Å². The number of aromatic nitrogens is 2. The molecule has 172 valence electrons. The summed E-state index contributed by atoms with van der Waals surface area (Å²) in [6.07, 6.45) is 10.2. The molecule has 3 N–H and O–H groups in total. The standard InChI is InChI=1S/C25H36N6S/c1-31(2)23-20-5-3-4-6-21(20)28-24(30-23)27-19-11-8-16(9-12-19)15-26-25(32)29-22-14-17-7-10-18(22)13-17/h3-6,16-19,22H,7-15H2,1-2H3,(H2,26,29,32)(H,27,28,30)/t16-,17?,18?,19+,22?. The Kier molecular flexibility index (Phi) is 6.35. The monoisotopic (exact) mass is 452 g/mol. The molecule has 0 radical (unpaired) electrons. The van der Waals surface area contributed by atoms with Gasteiger partial charge >= 0.3 is 0 Å². The zero-order chi connectivity index (χ0) is 22.1. The van der Waals surface area contributed by atoms with Gasteiger partial charge in [0, 0.05) is 38.1 Å². The van der Waals surface area contributed by atoms with E-state index in [4.69, 9.17) is 22.2 Å². The van der Waals surface area contributed by atoms with Gasteiger partial charge in [-0.25, -0.2) is 4.98 Å². The number of nitrogens with zero attached hydrogens (tertiary/aromatic N) is 3. The van der Waals surface area contributed by atoms with E-state index < -0.39 is 0 Å². The summed E-state index contributed by atoms with van der Waals surface area (Å²) in [5.41, 5.74) is 0.989. The molecule has 1 aromatic heterocycles. The summed E-state index contributed by atoms with van der Waals surface area (Å²) < 4.78 is 0. The lowest BCUT2D eigenvalue weighted by Gasteiger charge is -2.30. The van der Waals surface area contributed by atoms with E-state index in [1.54, 1.807) is 0 Å².